The number of para-hydroxylation sites is 1. The molecule has 0 radical (unpaired) electrons. The van der Waals surface area contributed by atoms with Crippen LogP contribution in [0.4, 0.5) is 5.69 Å². The van der Waals surface area contributed by atoms with Gasteiger partial charge in [-0.15, -0.1) is 0 Å². The lowest BCUT2D eigenvalue weighted by Crippen LogP contribution is -2.27. The zero-order valence-corrected chi connectivity index (χ0v) is 15.9. The Morgan fingerprint density at radius 3 is 2.54 bits per heavy atom. The number of nitrogens with zero attached hydrogens (tertiary/aromatic N) is 1. The molecule has 1 amide bonds. The topological polar surface area (TPSA) is 46.6 Å². The summed E-state index contributed by atoms with van der Waals surface area (Å²) in [6.07, 6.45) is 0.965. The fourth-order valence-corrected chi connectivity index (χ4v) is 3.61. The Morgan fingerprint density at radius 2 is 1.85 bits per heavy atom. The maximum Gasteiger partial charge on any atom is 0.311 e. The number of esters is 1. The van der Waals surface area contributed by atoms with Gasteiger partial charge in [-0.2, -0.15) is 0 Å². The minimum atomic E-state index is -0.492. The third kappa shape index (κ3) is 3.87. The molecule has 1 atom stereocenters. The number of hydrogen-bond acceptors (Lipinski definition) is 3. The monoisotopic (exact) mass is 391 g/mol. The van der Waals surface area contributed by atoms with Crippen molar-refractivity contribution >= 4 is 40.8 Å². The van der Waals surface area contributed by atoms with Crippen LogP contribution in [0.15, 0.2) is 42.5 Å². The second kappa shape index (κ2) is 8.11. The van der Waals surface area contributed by atoms with Gasteiger partial charge in [0.05, 0.1) is 5.92 Å². The molecule has 0 spiro atoms. The van der Waals surface area contributed by atoms with Gasteiger partial charge in [-0.3, -0.25) is 9.59 Å². The SMILES string of the molecule is CCc1ccccc1N1C[C@@H](C(=O)OCc2c(Cl)cccc2Cl)CC1=O. The largest absolute Gasteiger partial charge is 0.460 e. The lowest BCUT2D eigenvalue weighted by atomic mass is 10.1. The first-order chi connectivity index (χ1) is 12.5. The van der Waals surface area contributed by atoms with Gasteiger partial charge in [0.25, 0.3) is 0 Å². The zero-order chi connectivity index (χ0) is 18.7. The van der Waals surface area contributed by atoms with Gasteiger partial charge in [0.1, 0.15) is 6.61 Å². The number of rotatable bonds is 5. The van der Waals surface area contributed by atoms with Crippen molar-refractivity contribution in [3.63, 3.8) is 0 Å². The van der Waals surface area contributed by atoms with E-state index in [9.17, 15) is 9.59 Å². The van der Waals surface area contributed by atoms with Crippen molar-refractivity contribution in [2.75, 3.05) is 11.4 Å². The van der Waals surface area contributed by atoms with Crippen LogP contribution in [0.25, 0.3) is 0 Å². The first kappa shape index (κ1) is 18.7. The minimum absolute atomic E-state index is 0.00637. The molecule has 4 nitrogen and oxygen atoms in total. The summed E-state index contributed by atoms with van der Waals surface area (Å²) in [5.74, 6) is -0.969. The standard InChI is InChI=1S/C20H19Cl2NO3/c1-2-13-6-3-4-9-18(13)23-11-14(10-19(23)24)20(25)26-12-15-16(21)7-5-8-17(15)22/h3-9,14H,2,10-12H2,1H3/t14-/m0/s1. The molecular formula is C20H19Cl2NO3. The summed E-state index contributed by atoms with van der Waals surface area (Å²) in [6.45, 7) is 2.36. The Labute approximate surface area is 162 Å². The number of anilines is 1. The summed E-state index contributed by atoms with van der Waals surface area (Å²) in [6, 6.07) is 12.9. The van der Waals surface area contributed by atoms with E-state index in [1.165, 1.54) is 0 Å². The number of carbonyl (C=O) groups excluding carboxylic acids is 2. The number of aryl methyl sites for hydroxylation is 1. The fraction of sp³-hybridized carbons (Fsp3) is 0.300. The molecule has 1 aliphatic rings. The molecule has 1 fully saturated rings. The van der Waals surface area contributed by atoms with Crippen LogP contribution in [0.2, 0.25) is 10.0 Å². The number of amides is 1. The van der Waals surface area contributed by atoms with Crippen molar-refractivity contribution in [2.24, 2.45) is 5.92 Å². The van der Waals surface area contributed by atoms with Crippen LogP contribution in [0.3, 0.4) is 0 Å². The molecule has 26 heavy (non-hydrogen) atoms. The quantitative estimate of drug-likeness (QED) is 0.696. The van der Waals surface area contributed by atoms with Crippen LogP contribution in [0, 0.1) is 5.92 Å². The van der Waals surface area contributed by atoms with E-state index in [0.717, 1.165) is 17.7 Å². The molecule has 6 heteroatoms. The van der Waals surface area contributed by atoms with Crippen LogP contribution in [-0.4, -0.2) is 18.4 Å². The highest BCUT2D eigenvalue weighted by Crippen LogP contribution is 2.30. The molecule has 0 saturated carbocycles. The van der Waals surface area contributed by atoms with Gasteiger partial charge in [-0.1, -0.05) is 54.4 Å². The summed E-state index contributed by atoms with van der Waals surface area (Å²) in [5, 5.41) is 0.901. The second-order valence-corrected chi connectivity index (χ2v) is 7.01. The van der Waals surface area contributed by atoms with Gasteiger partial charge < -0.3 is 9.64 Å². The normalized spacial score (nSPS) is 16.8. The van der Waals surface area contributed by atoms with Gasteiger partial charge in [0.15, 0.2) is 0 Å². The number of ether oxygens (including phenoxy) is 1. The van der Waals surface area contributed by atoms with E-state index in [4.69, 9.17) is 27.9 Å². The fourth-order valence-electron chi connectivity index (χ4n) is 3.10. The molecule has 3 rings (SSSR count). The van der Waals surface area contributed by atoms with Gasteiger partial charge in [0.2, 0.25) is 5.91 Å². The molecule has 0 aliphatic carbocycles. The molecule has 0 bridgehead atoms. The van der Waals surface area contributed by atoms with E-state index in [0.29, 0.717) is 22.2 Å². The van der Waals surface area contributed by atoms with E-state index < -0.39 is 11.9 Å². The van der Waals surface area contributed by atoms with Gasteiger partial charge in [-0.05, 0) is 30.2 Å². The zero-order valence-electron chi connectivity index (χ0n) is 14.4. The predicted octanol–water partition coefficient (Wildman–Crippen LogP) is 4.65. The van der Waals surface area contributed by atoms with Crippen molar-refractivity contribution in [2.45, 2.75) is 26.4 Å². The van der Waals surface area contributed by atoms with E-state index in [1.807, 2.05) is 31.2 Å². The van der Waals surface area contributed by atoms with Crippen LogP contribution in [0.5, 0.6) is 0 Å². The molecule has 1 heterocycles. The van der Waals surface area contributed by atoms with Crippen molar-refractivity contribution < 1.29 is 14.3 Å². The van der Waals surface area contributed by atoms with Crippen LogP contribution in [0.1, 0.15) is 24.5 Å². The molecule has 1 aliphatic heterocycles. The van der Waals surface area contributed by atoms with Gasteiger partial charge in [-0.25, -0.2) is 0 Å². The molecule has 136 valence electrons. The number of benzene rings is 2. The Hall–Kier alpha value is -2.04. The molecular weight excluding hydrogens is 373 g/mol. The Morgan fingerprint density at radius 1 is 1.15 bits per heavy atom. The summed E-state index contributed by atoms with van der Waals surface area (Å²) >= 11 is 12.2. The molecule has 0 aromatic heterocycles. The van der Waals surface area contributed by atoms with E-state index in [2.05, 4.69) is 0 Å². The maximum atomic E-state index is 12.4. The lowest BCUT2D eigenvalue weighted by molar-refractivity contribution is -0.149. The second-order valence-electron chi connectivity index (χ2n) is 6.20. The smallest absolute Gasteiger partial charge is 0.311 e. The third-order valence-electron chi connectivity index (χ3n) is 4.54. The van der Waals surface area contributed by atoms with Gasteiger partial charge >= 0.3 is 5.97 Å². The number of hydrogen-bond donors (Lipinski definition) is 0. The highest BCUT2D eigenvalue weighted by atomic mass is 35.5. The molecule has 2 aromatic carbocycles. The number of carbonyl (C=O) groups is 2. The van der Waals surface area contributed by atoms with E-state index >= 15 is 0 Å². The van der Waals surface area contributed by atoms with Gasteiger partial charge in [0, 0.05) is 34.3 Å². The lowest BCUT2D eigenvalue weighted by Gasteiger charge is -2.19. The summed E-state index contributed by atoms with van der Waals surface area (Å²) in [5.41, 5.74) is 2.52. The van der Waals surface area contributed by atoms with Crippen molar-refractivity contribution in [1.29, 1.82) is 0 Å². The maximum absolute atomic E-state index is 12.4. The van der Waals surface area contributed by atoms with Crippen molar-refractivity contribution in [3.05, 3.63) is 63.6 Å². The average Bonchev–Trinajstić information content (AvgIpc) is 3.02. The summed E-state index contributed by atoms with van der Waals surface area (Å²) in [7, 11) is 0. The predicted molar refractivity (Wildman–Crippen MR) is 103 cm³/mol. The molecule has 2 aromatic rings. The van der Waals surface area contributed by atoms with E-state index in [1.54, 1.807) is 23.1 Å². The highest BCUT2D eigenvalue weighted by molar-refractivity contribution is 6.35. The molecule has 0 unspecified atom stereocenters. The first-order valence-corrected chi connectivity index (χ1v) is 9.24. The Kier molecular flexibility index (Phi) is 5.84. The Balaban J connectivity index is 1.67. The van der Waals surface area contributed by atoms with Crippen molar-refractivity contribution in [1.82, 2.24) is 0 Å². The van der Waals surface area contributed by atoms with Crippen molar-refractivity contribution in [3.8, 4) is 0 Å². The number of halogens is 2. The summed E-state index contributed by atoms with van der Waals surface area (Å²) in [4.78, 5) is 26.5. The van der Waals surface area contributed by atoms with Crippen LogP contribution < -0.4 is 4.90 Å². The van der Waals surface area contributed by atoms with E-state index in [-0.39, 0.29) is 18.9 Å². The Bertz CT molecular complexity index is 817. The minimum Gasteiger partial charge on any atom is -0.460 e. The summed E-state index contributed by atoms with van der Waals surface area (Å²) < 4.78 is 5.38. The first-order valence-electron chi connectivity index (χ1n) is 8.49. The third-order valence-corrected chi connectivity index (χ3v) is 5.25. The molecule has 1 saturated heterocycles. The van der Waals surface area contributed by atoms with Crippen LogP contribution >= 0.6 is 23.2 Å². The average molecular weight is 392 g/mol. The molecule has 0 N–H and O–H groups in total. The highest BCUT2D eigenvalue weighted by Gasteiger charge is 2.36. The van der Waals surface area contributed by atoms with Crippen LogP contribution in [-0.2, 0) is 27.4 Å².